The molecule has 1 aromatic carbocycles. The molecule has 0 spiro atoms. The largest absolute Gasteiger partial charge is 0.466 e. The quantitative estimate of drug-likeness (QED) is 0.733. The first kappa shape index (κ1) is 18.2. The molecule has 1 unspecified atom stereocenters. The molecular formula is C21H24N2O3. The summed E-state index contributed by atoms with van der Waals surface area (Å²) in [5.74, 6) is -0.220. The molecule has 1 aromatic heterocycles. The zero-order valence-corrected chi connectivity index (χ0v) is 15.4. The van der Waals surface area contributed by atoms with Crippen LogP contribution in [-0.4, -0.2) is 23.1 Å². The summed E-state index contributed by atoms with van der Waals surface area (Å²) < 4.78 is 6.98. The number of esters is 1. The van der Waals surface area contributed by atoms with Gasteiger partial charge in [-0.25, -0.2) is 0 Å². The zero-order valence-electron chi connectivity index (χ0n) is 15.4. The van der Waals surface area contributed by atoms with Crippen LogP contribution in [0.5, 0.6) is 0 Å². The summed E-state index contributed by atoms with van der Waals surface area (Å²) in [6, 6.07) is 9.98. The maximum absolute atomic E-state index is 12.8. The van der Waals surface area contributed by atoms with E-state index in [2.05, 4.69) is 13.0 Å². The minimum atomic E-state index is -0.282. The Morgan fingerprint density at radius 1 is 1.35 bits per heavy atom. The first-order chi connectivity index (χ1) is 12.6. The lowest BCUT2D eigenvalue weighted by molar-refractivity contribution is -0.142. The number of nitrogens with zero attached hydrogens (tertiary/aromatic N) is 2. The molecule has 0 fully saturated rings. The fourth-order valence-electron chi connectivity index (χ4n) is 4.29. The van der Waals surface area contributed by atoms with Crippen molar-refractivity contribution in [1.82, 2.24) is 4.57 Å². The SMILES string of the molecule is CCOC(=O)Cc1c2n(c3ccccc13)C(=O)CCC2(CC)CCC#N. The molecule has 1 aliphatic rings. The highest BCUT2D eigenvalue weighted by Crippen LogP contribution is 2.46. The number of para-hydroxylation sites is 1. The fourth-order valence-corrected chi connectivity index (χ4v) is 4.29. The molecule has 0 saturated carbocycles. The number of aromatic nitrogens is 1. The molecule has 5 heteroatoms. The summed E-state index contributed by atoms with van der Waals surface area (Å²) in [5, 5.41) is 10.1. The van der Waals surface area contributed by atoms with Gasteiger partial charge in [0.15, 0.2) is 0 Å². The van der Waals surface area contributed by atoms with E-state index >= 15 is 0 Å². The standard InChI is InChI=1S/C21H24N2O3/c1-3-21(11-7-13-22)12-10-18(24)23-17-9-6-5-8-15(17)16(20(21)23)14-19(25)26-4-2/h5-6,8-9H,3-4,7,10-12,14H2,1-2H3. The molecule has 5 nitrogen and oxygen atoms in total. The van der Waals surface area contributed by atoms with Gasteiger partial charge in [-0.05, 0) is 37.8 Å². The third-order valence-corrected chi connectivity index (χ3v) is 5.57. The lowest BCUT2D eigenvalue weighted by Gasteiger charge is -2.38. The van der Waals surface area contributed by atoms with Gasteiger partial charge in [-0.1, -0.05) is 25.1 Å². The topological polar surface area (TPSA) is 72.1 Å². The molecular weight excluding hydrogens is 328 g/mol. The highest BCUT2D eigenvalue weighted by Gasteiger charge is 2.42. The average molecular weight is 352 g/mol. The molecule has 1 aliphatic heterocycles. The number of benzene rings is 1. The average Bonchev–Trinajstić information content (AvgIpc) is 2.98. The van der Waals surface area contributed by atoms with Crippen molar-refractivity contribution in [2.75, 3.05) is 6.61 Å². The van der Waals surface area contributed by atoms with Gasteiger partial charge in [0.25, 0.3) is 0 Å². The number of ether oxygens (including phenoxy) is 1. The summed E-state index contributed by atoms with van der Waals surface area (Å²) in [4.78, 5) is 25.0. The van der Waals surface area contributed by atoms with E-state index in [4.69, 9.17) is 10.00 Å². The first-order valence-electron chi connectivity index (χ1n) is 9.26. The molecule has 136 valence electrons. The molecule has 0 aliphatic carbocycles. The second-order valence-electron chi connectivity index (χ2n) is 6.85. The van der Waals surface area contributed by atoms with Crippen LogP contribution in [-0.2, 0) is 21.4 Å². The second kappa shape index (κ2) is 7.33. The maximum Gasteiger partial charge on any atom is 0.310 e. The minimum Gasteiger partial charge on any atom is -0.466 e. The summed E-state index contributed by atoms with van der Waals surface area (Å²) in [5.41, 5.74) is 2.39. The predicted octanol–water partition coefficient (Wildman–Crippen LogP) is 4.13. The Morgan fingerprint density at radius 2 is 2.12 bits per heavy atom. The number of carbonyl (C=O) groups excluding carboxylic acids is 2. The summed E-state index contributed by atoms with van der Waals surface area (Å²) in [6.45, 7) is 4.22. The highest BCUT2D eigenvalue weighted by atomic mass is 16.5. The molecule has 0 bridgehead atoms. The Bertz CT molecular complexity index is 891. The van der Waals surface area contributed by atoms with Gasteiger partial charge < -0.3 is 4.74 Å². The van der Waals surface area contributed by atoms with Crippen LogP contribution in [0, 0.1) is 11.3 Å². The van der Waals surface area contributed by atoms with E-state index in [-0.39, 0.29) is 23.7 Å². The van der Waals surface area contributed by atoms with Gasteiger partial charge in [0.1, 0.15) is 0 Å². The van der Waals surface area contributed by atoms with Gasteiger partial charge >= 0.3 is 5.97 Å². The van der Waals surface area contributed by atoms with Gasteiger partial charge in [0.05, 0.1) is 24.6 Å². The molecule has 2 aromatic rings. The van der Waals surface area contributed by atoms with E-state index in [1.54, 1.807) is 11.5 Å². The van der Waals surface area contributed by atoms with Gasteiger partial charge in [-0.3, -0.25) is 14.2 Å². The Hall–Kier alpha value is -2.61. The molecule has 2 heterocycles. The van der Waals surface area contributed by atoms with Crippen molar-refractivity contribution in [2.45, 2.75) is 57.8 Å². The van der Waals surface area contributed by atoms with Crippen LogP contribution in [0.4, 0.5) is 0 Å². The molecule has 1 atom stereocenters. The van der Waals surface area contributed by atoms with E-state index in [1.165, 1.54) is 0 Å². The van der Waals surface area contributed by atoms with Crippen LogP contribution in [0.15, 0.2) is 24.3 Å². The van der Waals surface area contributed by atoms with Crippen molar-refractivity contribution < 1.29 is 14.3 Å². The Labute approximate surface area is 153 Å². The van der Waals surface area contributed by atoms with Crippen LogP contribution in [0.2, 0.25) is 0 Å². The number of fused-ring (bicyclic) bond motifs is 3. The number of hydrogen-bond acceptors (Lipinski definition) is 4. The monoisotopic (exact) mass is 352 g/mol. The molecule has 0 N–H and O–H groups in total. The van der Waals surface area contributed by atoms with Crippen LogP contribution in [0.25, 0.3) is 10.9 Å². The molecule has 26 heavy (non-hydrogen) atoms. The van der Waals surface area contributed by atoms with Crippen LogP contribution >= 0.6 is 0 Å². The third kappa shape index (κ3) is 2.90. The summed E-state index contributed by atoms with van der Waals surface area (Å²) in [6.07, 6.45) is 3.29. The smallest absolute Gasteiger partial charge is 0.310 e. The normalized spacial score (nSPS) is 19.2. The van der Waals surface area contributed by atoms with E-state index < -0.39 is 0 Å². The van der Waals surface area contributed by atoms with Crippen LogP contribution < -0.4 is 0 Å². The predicted molar refractivity (Wildman–Crippen MR) is 99.0 cm³/mol. The van der Waals surface area contributed by atoms with Crippen LogP contribution in [0.1, 0.15) is 62.0 Å². The van der Waals surface area contributed by atoms with Crippen molar-refractivity contribution in [3.63, 3.8) is 0 Å². The molecule has 0 saturated heterocycles. The number of nitriles is 1. The summed E-state index contributed by atoms with van der Waals surface area (Å²) in [7, 11) is 0. The first-order valence-corrected chi connectivity index (χ1v) is 9.26. The van der Waals surface area contributed by atoms with Crippen molar-refractivity contribution in [1.29, 1.82) is 5.26 Å². The minimum absolute atomic E-state index is 0.0624. The van der Waals surface area contributed by atoms with Crippen molar-refractivity contribution >= 4 is 22.8 Å². The Balaban J connectivity index is 2.27. The number of hydrogen-bond donors (Lipinski definition) is 0. The molecule has 0 amide bonds. The molecule has 0 radical (unpaired) electrons. The maximum atomic E-state index is 12.8. The van der Waals surface area contributed by atoms with Crippen molar-refractivity contribution in [3.05, 3.63) is 35.5 Å². The third-order valence-electron chi connectivity index (χ3n) is 5.57. The number of rotatable bonds is 6. The lowest BCUT2D eigenvalue weighted by Crippen LogP contribution is -2.37. The van der Waals surface area contributed by atoms with Gasteiger partial charge in [0.2, 0.25) is 5.91 Å². The van der Waals surface area contributed by atoms with Crippen molar-refractivity contribution in [3.8, 4) is 6.07 Å². The van der Waals surface area contributed by atoms with E-state index in [9.17, 15) is 9.59 Å². The van der Waals surface area contributed by atoms with E-state index in [0.29, 0.717) is 25.9 Å². The molecule has 3 rings (SSSR count). The van der Waals surface area contributed by atoms with Crippen LogP contribution in [0.3, 0.4) is 0 Å². The lowest BCUT2D eigenvalue weighted by atomic mass is 9.70. The van der Waals surface area contributed by atoms with Gasteiger partial charge in [-0.15, -0.1) is 0 Å². The number of carbonyl (C=O) groups is 2. The second-order valence-corrected chi connectivity index (χ2v) is 6.85. The highest BCUT2D eigenvalue weighted by molar-refractivity contribution is 5.99. The van der Waals surface area contributed by atoms with Gasteiger partial charge in [-0.2, -0.15) is 5.26 Å². The van der Waals surface area contributed by atoms with Crippen molar-refractivity contribution in [2.24, 2.45) is 0 Å². The summed E-state index contributed by atoms with van der Waals surface area (Å²) >= 11 is 0. The van der Waals surface area contributed by atoms with E-state index in [1.807, 2.05) is 24.3 Å². The Morgan fingerprint density at radius 3 is 2.81 bits per heavy atom. The van der Waals surface area contributed by atoms with Gasteiger partial charge in [0, 0.05) is 29.3 Å². The van der Waals surface area contributed by atoms with E-state index in [0.717, 1.165) is 35.0 Å². The Kier molecular flexibility index (Phi) is 5.13. The fraction of sp³-hybridized carbons (Fsp3) is 0.476. The zero-order chi connectivity index (χ0) is 18.7.